The summed E-state index contributed by atoms with van der Waals surface area (Å²) < 4.78 is 11.8. The highest BCUT2D eigenvalue weighted by Crippen LogP contribution is 2.13. The molecule has 0 atom stereocenters. The van der Waals surface area contributed by atoms with E-state index in [4.69, 9.17) is 8.85 Å². The van der Waals surface area contributed by atoms with Crippen LogP contribution in [-0.2, 0) is 8.85 Å². The van der Waals surface area contributed by atoms with E-state index < -0.39 is 8.56 Å². The topological polar surface area (TPSA) is 18.5 Å². The molecule has 0 unspecified atom stereocenters. The predicted molar refractivity (Wildman–Crippen MR) is 77.1 cm³/mol. The molecule has 0 bridgehead atoms. The molecule has 0 aromatic carbocycles. The van der Waals surface area contributed by atoms with Gasteiger partial charge in [-0.25, -0.2) is 0 Å². The lowest BCUT2D eigenvalue weighted by Gasteiger charge is -2.24. The summed E-state index contributed by atoms with van der Waals surface area (Å²) in [6.07, 6.45) is 6.99. The third kappa shape index (κ3) is 7.52. The first kappa shape index (κ1) is 16.6. The summed E-state index contributed by atoms with van der Waals surface area (Å²) in [5.41, 5.74) is 3.66. The van der Waals surface area contributed by atoms with Gasteiger partial charge in [-0.2, -0.15) is 0 Å². The van der Waals surface area contributed by atoms with Crippen molar-refractivity contribution in [2.75, 3.05) is 13.2 Å². The van der Waals surface area contributed by atoms with Crippen molar-refractivity contribution in [1.29, 1.82) is 0 Å². The molecule has 0 amide bonds. The normalized spacial score (nSPS) is 11.4. The van der Waals surface area contributed by atoms with Crippen LogP contribution in [0.2, 0.25) is 0 Å². The maximum Gasteiger partial charge on any atom is 0.390 e. The Morgan fingerprint density at radius 3 is 1.53 bits per heavy atom. The van der Waals surface area contributed by atoms with E-state index in [1.807, 2.05) is 11.4 Å². The van der Waals surface area contributed by atoms with Crippen LogP contribution in [0, 0.1) is 0 Å². The molecule has 0 N–H and O–H groups in total. The number of unbranched alkanes of at least 4 members (excludes halogenated alkanes) is 4. The van der Waals surface area contributed by atoms with E-state index in [1.54, 1.807) is 0 Å². The fourth-order valence-corrected chi connectivity index (χ4v) is 3.18. The van der Waals surface area contributed by atoms with E-state index in [-0.39, 0.29) is 0 Å². The molecule has 17 heavy (non-hydrogen) atoms. The minimum Gasteiger partial charge on any atom is -0.388 e. The predicted octanol–water partition coefficient (Wildman–Crippen LogP) is 4.29. The van der Waals surface area contributed by atoms with Gasteiger partial charge in [-0.1, -0.05) is 39.5 Å². The second-order valence-electron chi connectivity index (χ2n) is 4.24. The minimum absolute atomic E-state index is 0.756. The maximum absolute atomic E-state index is 5.89. The highest BCUT2D eigenvalue weighted by molar-refractivity contribution is 6.77. The zero-order chi connectivity index (χ0) is 13.0. The minimum atomic E-state index is -2.32. The summed E-state index contributed by atoms with van der Waals surface area (Å²) in [5.74, 6) is 0. The Bertz CT molecular complexity index is 182. The molecular formula is C14H28O2Si. The van der Waals surface area contributed by atoms with Crippen molar-refractivity contribution in [2.24, 2.45) is 0 Å². The summed E-state index contributed by atoms with van der Waals surface area (Å²) in [7, 11) is -2.32. The lowest BCUT2D eigenvalue weighted by Crippen LogP contribution is -2.39. The lowest BCUT2D eigenvalue weighted by molar-refractivity contribution is 0.183. The smallest absolute Gasteiger partial charge is 0.388 e. The van der Waals surface area contributed by atoms with Gasteiger partial charge in [-0.15, -0.1) is 13.2 Å². The van der Waals surface area contributed by atoms with Crippen LogP contribution in [0.25, 0.3) is 0 Å². The Morgan fingerprint density at radius 2 is 1.24 bits per heavy atom. The van der Waals surface area contributed by atoms with Crippen LogP contribution in [0.4, 0.5) is 0 Å². The third-order valence-corrected chi connectivity index (χ3v) is 5.17. The molecule has 0 radical (unpaired) electrons. The Kier molecular flexibility index (Phi) is 10.5. The molecule has 0 fully saturated rings. The Balaban J connectivity index is 3.97. The van der Waals surface area contributed by atoms with Crippen molar-refractivity contribution in [2.45, 2.75) is 52.4 Å². The van der Waals surface area contributed by atoms with Gasteiger partial charge in [0.15, 0.2) is 0 Å². The molecule has 0 heterocycles. The van der Waals surface area contributed by atoms with Gasteiger partial charge >= 0.3 is 8.56 Å². The molecule has 0 aliphatic rings. The fourth-order valence-electron chi connectivity index (χ4n) is 1.53. The molecule has 0 aromatic heterocycles. The van der Waals surface area contributed by atoms with Crippen LogP contribution in [0.5, 0.6) is 0 Å². The van der Waals surface area contributed by atoms with Crippen LogP contribution < -0.4 is 0 Å². The average Bonchev–Trinajstić information content (AvgIpc) is 2.37. The van der Waals surface area contributed by atoms with Crippen LogP contribution in [0.3, 0.4) is 0 Å². The Morgan fingerprint density at radius 1 is 0.824 bits per heavy atom. The molecule has 0 rings (SSSR count). The standard InChI is InChI=1S/C14H28O2Si/c1-5-9-11-13-15-17(7-3,8-4)16-14-12-10-6-2/h7-8H,3-6,9-14H2,1-2H3. The summed E-state index contributed by atoms with van der Waals surface area (Å²) in [6, 6.07) is 0. The number of hydrogen-bond acceptors (Lipinski definition) is 2. The van der Waals surface area contributed by atoms with E-state index >= 15 is 0 Å². The van der Waals surface area contributed by atoms with Crippen LogP contribution in [0.15, 0.2) is 24.6 Å². The second-order valence-corrected chi connectivity index (χ2v) is 7.08. The van der Waals surface area contributed by atoms with E-state index in [0.29, 0.717) is 0 Å². The van der Waals surface area contributed by atoms with Gasteiger partial charge in [-0.05, 0) is 24.2 Å². The highest BCUT2D eigenvalue weighted by Gasteiger charge is 2.30. The van der Waals surface area contributed by atoms with E-state index in [0.717, 1.165) is 26.1 Å². The van der Waals surface area contributed by atoms with Crippen molar-refractivity contribution in [3.05, 3.63) is 24.6 Å². The summed E-state index contributed by atoms with van der Waals surface area (Å²) in [4.78, 5) is 0. The van der Waals surface area contributed by atoms with Crippen LogP contribution in [-0.4, -0.2) is 21.8 Å². The number of rotatable bonds is 12. The molecule has 0 saturated carbocycles. The molecular weight excluding hydrogens is 228 g/mol. The molecule has 0 aromatic rings. The summed E-state index contributed by atoms with van der Waals surface area (Å²) in [6.45, 7) is 13.6. The van der Waals surface area contributed by atoms with E-state index in [2.05, 4.69) is 27.0 Å². The third-order valence-electron chi connectivity index (χ3n) is 2.72. The fraction of sp³-hybridized carbons (Fsp3) is 0.714. The van der Waals surface area contributed by atoms with Gasteiger partial charge in [-0.3, -0.25) is 0 Å². The first-order chi connectivity index (χ1) is 8.24. The zero-order valence-corrected chi connectivity index (χ0v) is 12.5. The zero-order valence-electron chi connectivity index (χ0n) is 11.5. The van der Waals surface area contributed by atoms with E-state index in [9.17, 15) is 0 Å². The molecule has 0 saturated heterocycles. The molecule has 2 nitrogen and oxygen atoms in total. The molecule has 3 heteroatoms. The second kappa shape index (κ2) is 10.8. The van der Waals surface area contributed by atoms with Crippen molar-refractivity contribution in [1.82, 2.24) is 0 Å². The van der Waals surface area contributed by atoms with Crippen molar-refractivity contribution < 1.29 is 8.85 Å². The van der Waals surface area contributed by atoms with Gasteiger partial charge in [0.2, 0.25) is 0 Å². The van der Waals surface area contributed by atoms with E-state index in [1.165, 1.54) is 25.7 Å². The average molecular weight is 256 g/mol. The van der Waals surface area contributed by atoms with Crippen molar-refractivity contribution in [3.8, 4) is 0 Å². The monoisotopic (exact) mass is 256 g/mol. The first-order valence-corrected chi connectivity index (χ1v) is 8.76. The molecule has 0 spiro atoms. The summed E-state index contributed by atoms with van der Waals surface area (Å²) in [5, 5.41) is 0. The Labute approximate surface area is 108 Å². The van der Waals surface area contributed by atoms with Gasteiger partial charge in [0, 0.05) is 13.2 Å². The van der Waals surface area contributed by atoms with Crippen LogP contribution in [0.1, 0.15) is 52.4 Å². The van der Waals surface area contributed by atoms with Crippen LogP contribution >= 0.6 is 0 Å². The molecule has 100 valence electrons. The Hall–Kier alpha value is -0.383. The summed E-state index contributed by atoms with van der Waals surface area (Å²) >= 11 is 0. The van der Waals surface area contributed by atoms with Gasteiger partial charge < -0.3 is 8.85 Å². The first-order valence-electron chi connectivity index (χ1n) is 6.79. The SMILES string of the molecule is C=C[Si](C=C)(OCCCCC)OCCCCC. The largest absolute Gasteiger partial charge is 0.390 e. The highest BCUT2D eigenvalue weighted by atomic mass is 28.4. The maximum atomic E-state index is 5.89. The lowest BCUT2D eigenvalue weighted by atomic mass is 10.3. The molecule has 0 aliphatic heterocycles. The van der Waals surface area contributed by atoms with Crippen molar-refractivity contribution in [3.63, 3.8) is 0 Å². The van der Waals surface area contributed by atoms with Crippen molar-refractivity contribution >= 4 is 8.56 Å². The van der Waals surface area contributed by atoms with Gasteiger partial charge in [0.1, 0.15) is 0 Å². The molecule has 0 aliphatic carbocycles. The number of hydrogen-bond donors (Lipinski definition) is 0. The quantitative estimate of drug-likeness (QED) is 0.383. The van der Waals surface area contributed by atoms with Gasteiger partial charge in [0.25, 0.3) is 0 Å². The van der Waals surface area contributed by atoms with Gasteiger partial charge in [0.05, 0.1) is 0 Å².